The summed E-state index contributed by atoms with van der Waals surface area (Å²) in [5.74, 6) is 1.18. The summed E-state index contributed by atoms with van der Waals surface area (Å²) in [6.45, 7) is 4.00. The van der Waals surface area contributed by atoms with E-state index in [9.17, 15) is 4.79 Å². The molecule has 0 atom stereocenters. The maximum absolute atomic E-state index is 12.5. The molecular formula is C22H33N7O2. The van der Waals surface area contributed by atoms with Gasteiger partial charge >= 0.3 is 6.03 Å². The minimum Gasteiger partial charge on any atom is -0.492 e. The van der Waals surface area contributed by atoms with Gasteiger partial charge in [-0.1, -0.05) is 25.7 Å². The van der Waals surface area contributed by atoms with Crippen molar-refractivity contribution < 1.29 is 9.53 Å². The summed E-state index contributed by atoms with van der Waals surface area (Å²) in [7, 11) is 0. The third-order valence-electron chi connectivity index (χ3n) is 5.99. The molecule has 31 heavy (non-hydrogen) atoms. The lowest BCUT2D eigenvalue weighted by atomic mass is 9.96. The normalized spacial score (nSPS) is 17.9. The number of carbonyl (C=O) groups excluding carboxylic acids is 1. The molecule has 0 spiro atoms. The zero-order chi connectivity index (χ0) is 21.5. The number of nitrogen functional groups attached to an aromatic ring is 1. The molecule has 2 fully saturated rings. The van der Waals surface area contributed by atoms with E-state index < -0.39 is 0 Å². The molecular weight excluding hydrogens is 394 g/mol. The highest BCUT2D eigenvalue weighted by atomic mass is 16.5. The maximum atomic E-state index is 12.5. The number of aromatic nitrogens is 3. The second kappa shape index (κ2) is 10.5. The van der Waals surface area contributed by atoms with Crippen LogP contribution in [-0.2, 0) is 0 Å². The van der Waals surface area contributed by atoms with Crippen LogP contribution >= 0.6 is 0 Å². The van der Waals surface area contributed by atoms with E-state index in [1.54, 1.807) is 0 Å². The Kier molecular flexibility index (Phi) is 7.24. The number of hydrogen-bond donors (Lipinski definition) is 3. The molecule has 1 saturated carbocycles. The Hall–Kier alpha value is -2.81. The van der Waals surface area contributed by atoms with Crippen molar-refractivity contribution in [3.8, 4) is 5.75 Å². The fourth-order valence-electron chi connectivity index (χ4n) is 4.25. The monoisotopic (exact) mass is 427 g/mol. The summed E-state index contributed by atoms with van der Waals surface area (Å²) in [5, 5.41) is 10.3. The number of nitrogens with zero attached hydrogens (tertiary/aromatic N) is 4. The van der Waals surface area contributed by atoms with E-state index in [0.717, 1.165) is 48.3 Å². The molecule has 1 aliphatic heterocycles. The maximum Gasteiger partial charge on any atom is 0.345 e. The number of rotatable bonds is 7. The minimum absolute atomic E-state index is 0.0634. The van der Waals surface area contributed by atoms with Crippen molar-refractivity contribution >= 4 is 23.6 Å². The average molecular weight is 428 g/mol. The van der Waals surface area contributed by atoms with E-state index in [4.69, 9.17) is 10.5 Å². The van der Waals surface area contributed by atoms with Gasteiger partial charge in [-0.3, -0.25) is 4.90 Å². The standard InChI is InChI=1S/C22H33N7O2/c23-20-26-21(27-29(20)22(30)25-17-7-3-1-4-8-17)24-18-9-11-19(12-10-18)31-16-15-28-13-5-2-6-14-28/h9-12,17H,1-8,13-16H2,(H,25,30)(H3,23,24,26,27). The molecule has 9 nitrogen and oxygen atoms in total. The Morgan fingerprint density at radius 2 is 1.77 bits per heavy atom. The molecule has 1 saturated heterocycles. The SMILES string of the molecule is Nc1nc(Nc2ccc(OCCN3CCCCC3)cc2)nn1C(=O)NC1CCCCC1. The number of anilines is 3. The highest BCUT2D eigenvalue weighted by Gasteiger charge is 2.20. The molecule has 4 N–H and O–H groups in total. The van der Waals surface area contributed by atoms with E-state index in [0.29, 0.717) is 6.61 Å². The number of benzene rings is 1. The highest BCUT2D eigenvalue weighted by Crippen LogP contribution is 2.20. The van der Waals surface area contributed by atoms with E-state index >= 15 is 0 Å². The van der Waals surface area contributed by atoms with E-state index in [-0.39, 0.29) is 24.0 Å². The van der Waals surface area contributed by atoms with Crippen LogP contribution in [0.5, 0.6) is 5.75 Å². The molecule has 2 heterocycles. The average Bonchev–Trinajstić information content (AvgIpc) is 3.16. The van der Waals surface area contributed by atoms with Crippen LogP contribution in [0.1, 0.15) is 51.4 Å². The lowest BCUT2D eigenvalue weighted by molar-refractivity contribution is 0.183. The predicted molar refractivity (Wildman–Crippen MR) is 121 cm³/mol. The predicted octanol–water partition coefficient (Wildman–Crippen LogP) is 3.36. The molecule has 1 aromatic carbocycles. The van der Waals surface area contributed by atoms with Crippen LogP contribution in [0.15, 0.2) is 24.3 Å². The summed E-state index contributed by atoms with van der Waals surface area (Å²) in [5.41, 5.74) is 6.71. The van der Waals surface area contributed by atoms with Gasteiger partial charge < -0.3 is 21.1 Å². The summed E-state index contributed by atoms with van der Waals surface area (Å²) in [6, 6.07) is 7.47. The van der Waals surface area contributed by atoms with Crippen LogP contribution in [0, 0.1) is 0 Å². The van der Waals surface area contributed by atoms with Gasteiger partial charge in [0.05, 0.1) is 0 Å². The number of amides is 1. The Morgan fingerprint density at radius 3 is 2.52 bits per heavy atom. The second-order valence-corrected chi connectivity index (χ2v) is 8.39. The Balaban J connectivity index is 1.26. The molecule has 2 aliphatic rings. The fraction of sp³-hybridized carbons (Fsp3) is 0.591. The van der Waals surface area contributed by atoms with Crippen molar-refractivity contribution in [3.05, 3.63) is 24.3 Å². The first-order chi connectivity index (χ1) is 15.2. The summed E-state index contributed by atoms with van der Waals surface area (Å²) in [4.78, 5) is 19.1. The molecule has 2 aromatic rings. The molecule has 1 amide bonds. The zero-order valence-corrected chi connectivity index (χ0v) is 18.1. The topological polar surface area (TPSA) is 110 Å². The molecule has 0 unspecified atom stereocenters. The largest absolute Gasteiger partial charge is 0.492 e. The lowest BCUT2D eigenvalue weighted by Gasteiger charge is -2.26. The van der Waals surface area contributed by atoms with E-state index in [1.807, 2.05) is 24.3 Å². The molecule has 4 rings (SSSR count). The lowest BCUT2D eigenvalue weighted by Crippen LogP contribution is -2.39. The number of hydrogen-bond acceptors (Lipinski definition) is 7. The minimum atomic E-state index is -0.331. The van der Waals surface area contributed by atoms with Gasteiger partial charge in [0.2, 0.25) is 11.9 Å². The van der Waals surface area contributed by atoms with Gasteiger partial charge in [-0.15, -0.1) is 9.78 Å². The van der Waals surface area contributed by atoms with E-state index in [1.165, 1.54) is 38.8 Å². The number of nitrogens with one attached hydrogen (secondary N) is 2. The number of carbonyl (C=O) groups is 1. The van der Waals surface area contributed by atoms with Crippen LogP contribution in [0.3, 0.4) is 0 Å². The van der Waals surface area contributed by atoms with Crippen molar-refractivity contribution in [2.45, 2.75) is 57.4 Å². The first-order valence-electron chi connectivity index (χ1n) is 11.4. The first kappa shape index (κ1) is 21.4. The molecule has 9 heteroatoms. The van der Waals surface area contributed by atoms with Gasteiger partial charge in [0, 0.05) is 18.3 Å². The van der Waals surface area contributed by atoms with Crippen LogP contribution in [0.4, 0.5) is 22.4 Å². The van der Waals surface area contributed by atoms with E-state index in [2.05, 4.69) is 25.6 Å². The summed E-state index contributed by atoms with van der Waals surface area (Å²) in [6.07, 6.45) is 9.43. The molecule has 1 aliphatic carbocycles. The molecule has 168 valence electrons. The first-order valence-corrected chi connectivity index (χ1v) is 11.4. The van der Waals surface area contributed by atoms with Crippen molar-refractivity contribution in [1.29, 1.82) is 0 Å². The van der Waals surface area contributed by atoms with Gasteiger partial charge in [0.25, 0.3) is 0 Å². The smallest absolute Gasteiger partial charge is 0.345 e. The Labute approximate surface area is 183 Å². The van der Waals surface area contributed by atoms with Gasteiger partial charge in [-0.2, -0.15) is 4.98 Å². The van der Waals surface area contributed by atoms with Gasteiger partial charge in [0.15, 0.2) is 0 Å². The summed E-state index contributed by atoms with van der Waals surface area (Å²) >= 11 is 0. The van der Waals surface area contributed by atoms with Crippen molar-refractivity contribution in [1.82, 2.24) is 25.0 Å². The third-order valence-corrected chi connectivity index (χ3v) is 5.99. The number of nitrogens with two attached hydrogens (primary N) is 1. The fourth-order valence-corrected chi connectivity index (χ4v) is 4.25. The van der Waals surface area contributed by atoms with Crippen molar-refractivity contribution in [2.24, 2.45) is 0 Å². The van der Waals surface area contributed by atoms with Gasteiger partial charge in [-0.05, 0) is 63.0 Å². The van der Waals surface area contributed by atoms with Crippen LogP contribution in [0.25, 0.3) is 0 Å². The summed E-state index contributed by atoms with van der Waals surface area (Å²) < 4.78 is 6.98. The molecule has 1 aromatic heterocycles. The second-order valence-electron chi connectivity index (χ2n) is 8.39. The van der Waals surface area contributed by atoms with Crippen LogP contribution in [0.2, 0.25) is 0 Å². The highest BCUT2D eigenvalue weighted by molar-refractivity contribution is 5.79. The quantitative estimate of drug-likeness (QED) is 0.621. The van der Waals surface area contributed by atoms with Crippen LogP contribution in [-0.4, -0.2) is 58.0 Å². The Morgan fingerprint density at radius 1 is 1.06 bits per heavy atom. The number of likely N-dealkylation sites (tertiary alicyclic amines) is 1. The third kappa shape index (κ3) is 6.10. The van der Waals surface area contributed by atoms with Crippen LogP contribution < -0.4 is 21.1 Å². The van der Waals surface area contributed by atoms with Gasteiger partial charge in [0.1, 0.15) is 12.4 Å². The number of piperidine rings is 1. The number of ether oxygens (including phenoxy) is 1. The van der Waals surface area contributed by atoms with Crippen molar-refractivity contribution in [3.63, 3.8) is 0 Å². The Bertz CT molecular complexity index is 840. The van der Waals surface area contributed by atoms with Gasteiger partial charge in [-0.25, -0.2) is 4.79 Å². The van der Waals surface area contributed by atoms with Crippen molar-refractivity contribution in [2.75, 3.05) is 37.3 Å². The zero-order valence-electron chi connectivity index (χ0n) is 18.1. The molecule has 0 radical (unpaired) electrons. The molecule has 0 bridgehead atoms.